The molecular weight excluding hydrogens is 212 g/mol. The highest BCUT2D eigenvalue weighted by Crippen LogP contribution is 2.33. The third-order valence-electron chi connectivity index (χ3n) is 4.66. The molecule has 4 nitrogen and oxygen atoms in total. The summed E-state index contributed by atoms with van der Waals surface area (Å²) in [6.07, 6.45) is 0. The van der Waals surface area contributed by atoms with Crippen molar-refractivity contribution in [2.45, 2.75) is 19.9 Å². The lowest BCUT2D eigenvalue weighted by molar-refractivity contribution is -0.0734. The van der Waals surface area contributed by atoms with E-state index in [0.29, 0.717) is 11.5 Å². The van der Waals surface area contributed by atoms with Crippen LogP contribution in [0.3, 0.4) is 0 Å². The third kappa shape index (κ3) is 2.36. The maximum Gasteiger partial charge on any atom is 0.0507 e. The van der Waals surface area contributed by atoms with E-state index in [2.05, 4.69) is 33.9 Å². The van der Waals surface area contributed by atoms with Gasteiger partial charge in [0.15, 0.2) is 0 Å². The van der Waals surface area contributed by atoms with Gasteiger partial charge in [0.25, 0.3) is 0 Å². The van der Waals surface area contributed by atoms with Gasteiger partial charge < -0.3 is 5.32 Å². The maximum absolute atomic E-state index is 3.40. The van der Waals surface area contributed by atoms with Gasteiger partial charge in [0.2, 0.25) is 0 Å². The van der Waals surface area contributed by atoms with Gasteiger partial charge in [-0.3, -0.25) is 14.7 Å². The number of likely N-dealkylation sites (tertiary alicyclic amines) is 1. The van der Waals surface area contributed by atoms with Crippen LogP contribution in [0.4, 0.5) is 0 Å². The summed E-state index contributed by atoms with van der Waals surface area (Å²) < 4.78 is 0. The summed E-state index contributed by atoms with van der Waals surface area (Å²) in [6.45, 7) is 16.0. The Hall–Kier alpha value is -0.160. The van der Waals surface area contributed by atoms with Crippen molar-refractivity contribution in [2.75, 3.05) is 59.0 Å². The topological polar surface area (TPSA) is 21.8 Å². The van der Waals surface area contributed by atoms with Gasteiger partial charge in [0.05, 0.1) is 6.67 Å². The minimum absolute atomic E-state index is 0.680. The molecule has 0 radical (unpaired) electrons. The number of rotatable bonds is 3. The highest BCUT2D eigenvalue weighted by molar-refractivity contribution is 5.03. The maximum atomic E-state index is 3.40. The summed E-state index contributed by atoms with van der Waals surface area (Å²) in [6, 6.07) is 0.713. The zero-order valence-corrected chi connectivity index (χ0v) is 11.3. The molecule has 0 aliphatic carbocycles. The Morgan fingerprint density at radius 1 is 1.00 bits per heavy atom. The van der Waals surface area contributed by atoms with Crippen LogP contribution in [0.25, 0.3) is 0 Å². The van der Waals surface area contributed by atoms with Crippen LogP contribution in [0.5, 0.6) is 0 Å². The Bertz CT molecular complexity index is 259. The summed E-state index contributed by atoms with van der Waals surface area (Å²) in [5.41, 5.74) is 0.680. The Labute approximate surface area is 105 Å². The van der Waals surface area contributed by atoms with Gasteiger partial charge in [-0.05, 0) is 13.8 Å². The summed E-state index contributed by atoms with van der Waals surface area (Å²) in [5.74, 6) is 0. The van der Waals surface area contributed by atoms with Gasteiger partial charge in [0.1, 0.15) is 0 Å². The number of hydrogen-bond donors (Lipinski definition) is 1. The Morgan fingerprint density at radius 2 is 1.65 bits per heavy atom. The Morgan fingerprint density at radius 3 is 2.12 bits per heavy atom. The van der Waals surface area contributed by atoms with Gasteiger partial charge in [-0.15, -0.1) is 0 Å². The van der Waals surface area contributed by atoms with Crippen molar-refractivity contribution in [3.63, 3.8) is 0 Å². The third-order valence-corrected chi connectivity index (χ3v) is 4.66. The number of piperazine rings is 1. The Kier molecular flexibility index (Phi) is 3.15. The molecular formula is C13H26N4. The summed E-state index contributed by atoms with van der Waals surface area (Å²) >= 11 is 0. The molecule has 98 valence electrons. The minimum Gasteiger partial charge on any atom is -0.315 e. The molecule has 1 spiro atoms. The van der Waals surface area contributed by atoms with E-state index in [1.807, 2.05) is 0 Å². The van der Waals surface area contributed by atoms with Gasteiger partial charge in [-0.1, -0.05) is 0 Å². The lowest BCUT2D eigenvalue weighted by atomic mass is 9.75. The van der Waals surface area contributed by atoms with E-state index in [1.54, 1.807) is 0 Å². The van der Waals surface area contributed by atoms with Crippen LogP contribution in [-0.2, 0) is 0 Å². The van der Waals surface area contributed by atoms with E-state index in [9.17, 15) is 0 Å². The SMILES string of the molecule is CC(C)N1CCN(CN2CC3(CNC3)C2)CC1. The molecule has 3 fully saturated rings. The fourth-order valence-electron chi connectivity index (χ4n) is 3.41. The van der Waals surface area contributed by atoms with Crippen molar-refractivity contribution in [2.24, 2.45) is 5.41 Å². The quantitative estimate of drug-likeness (QED) is 0.740. The molecule has 0 amide bonds. The molecule has 0 saturated carbocycles. The van der Waals surface area contributed by atoms with Crippen molar-refractivity contribution in [1.82, 2.24) is 20.0 Å². The van der Waals surface area contributed by atoms with Crippen LogP contribution < -0.4 is 5.32 Å². The van der Waals surface area contributed by atoms with Crippen molar-refractivity contribution < 1.29 is 0 Å². The summed E-state index contributed by atoms with van der Waals surface area (Å²) in [5, 5.41) is 3.40. The molecule has 0 unspecified atom stereocenters. The molecule has 0 aromatic carbocycles. The lowest BCUT2D eigenvalue weighted by Gasteiger charge is -2.57. The molecule has 3 aliphatic rings. The van der Waals surface area contributed by atoms with Gasteiger partial charge in [-0.25, -0.2) is 0 Å². The average molecular weight is 238 g/mol. The predicted molar refractivity (Wildman–Crippen MR) is 70.0 cm³/mol. The van der Waals surface area contributed by atoms with Crippen LogP contribution in [0.1, 0.15) is 13.8 Å². The Balaban J connectivity index is 1.37. The highest BCUT2D eigenvalue weighted by atomic mass is 15.4. The lowest BCUT2D eigenvalue weighted by Crippen LogP contribution is -2.72. The van der Waals surface area contributed by atoms with E-state index < -0.39 is 0 Å². The molecule has 3 rings (SSSR count). The second-order valence-electron chi connectivity index (χ2n) is 6.48. The summed E-state index contributed by atoms with van der Waals surface area (Å²) in [7, 11) is 0. The molecule has 4 heteroatoms. The van der Waals surface area contributed by atoms with E-state index in [1.165, 1.54) is 59.0 Å². The van der Waals surface area contributed by atoms with Crippen molar-refractivity contribution in [3.05, 3.63) is 0 Å². The van der Waals surface area contributed by atoms with Crippen molar-refractivity contribution in [1.29, 1.82) is 0 Å². The molecule has 0 bridgehead atoms. The molecule has 0 atom stereocenters. The largest absolute Gasteiger partial charge is 0.315 e. The minimum atomic E-state index is 0.680. The first-order chi connectivity index (χ1) is 8.17. The van der Waals surface area contributed by atoms with Gasteiger partial charge in [0, 0.05) is 63.8 Å². The second-order valence-corrected chi connectivity index (χ2v) is 6.48. The fraction of sp³-hybridized carbons (Fsp3) is 1.00. The van der Waals surface area contributed by atoms with Crippen LogP contribution >= 0.6 is 0 Å². The average Bonchev–Trinajstić information content (AvgIpc) is 2.20. The molecule has 0 aromatic rings. The van der Waals surface area contributed by atoms with Crippen LogP contribution in [-0.4, -0.2) is 79.8 Å². The van der Waals surface area contributed by atoms with E-state index in [-0.39, 0.29) is 0 Å². The predicted octanol–water partition coefficient (Wildman–Crippen LogP) is -0.125. The molecule has 1 N–H and O–H groups in total. The number of nitrogens with one attached hydrogen (secondary N) is 1. The van der Waals surface area contributed by atoms with Crippen LogP contribution in [0.15, 0.2) is 0 Å². The first-order valence-electron chi connectivity index (χ1n) is 7.06. The first kappa shape index (κ1) is 11.9. The second kappa shape index (κ2) is 4.50. The van der Waals surface area contributed by atoms with Crippen molar-refractivity contribution >= 4 is 0 Å². The zero-order valence-electron chi connectivity index (χ0n) is 11.3. The number of nitrogens with zero attached hydrogens (tertiary/aromatic N) is 3. The fourth-order valence-corrected chi connectivity index (χ4v) is 3.41. The van der Waals surface area contributed by atoms with Crippen LogP contribution in [0, 0.1) is 5.41 Å². The highest BCUT2D eigenvalue weighted by Gasteiger charge is 2.47. The van der Waals surface area contributed by atoms with E-state index in [4.69, 9.17) is 0 Å². The van der Waals surface area contributed by atoms with E-state index >= 15 is 0 Å². The van der Waals surface area contributed by atoms with Crippen molar-refractivity contribution in [3.8, 4) is 0 Å². The monoisotopic (exact) mass is 238 g/mol. The molecule has 3 heterocycles. The zero-order chi connectivity index (χ0) is 11.9. The standard InChI is InChI=1S/C13H26N4/c1-12(2)17-5-3-15(4-6-17)11-16-9-13(10-16)7-14-8-13/h12,14H,3-11H2,1-2H3. The first-order valence-corrected chi connectivity index (χ1v) is 7.06. The normalized spacial score (nSPS) is 30.5. The van der Waals surface area contributed by atoms with Gasteiger partial charge in [-0.2, -0.15) is 0 Å². The molecule has 3 aliphatic heterocycles. The van der Waals surface area contributed by atoms with Gasteiger partial charge >= 0.3 is 0 Å². The van der Waals surface area contributed by atoms with Crippen LogP contribution in [0.2, 0.25) is 0 Å². The molecule has 3 saturated heterocycles. The smallest absolute Gasteiger partial charge is 0.0507 e. The molecule has 0 aromatic heterocycles. The summed E-state index contributed by atoms with van der Waals surface area (Å²) in [4.78, 5) is 7.83. The number of hydrogen-bond acceptors (Lipinski definition) is 4. The van der Waals surface area contributed by atoms with E-state index in [0.717, 1.165) is 0 Å². The molecule has 17 heavy (non-hydrogen) atoms.